The van der Waals surface area contributed by atoms with E-state index < -0.39 is 11.6 Å². The molecule has 0 bridgehead atoms. The second-order valence-electron chi connectivity index (χ2n) is 7.96. The number of fused-ring (bicyclic) bond motifs is 2. The Kier molecular flexibility index (Phi) is 4.27. The summed E-state index contributed by atoms with van der Waals surface area (Å²) in [5, 5.41) is 10.6. The van der Waals surface area contributed by atoms with E-state index in [1.807, 2.05) is 11.5 Å². The van der Waals surface area contributed by atoms with Gasteiger partial charge < -0.3 is 9.88 Å². The van der Waals surface area contributed by atoms with E-state index in [1.165, 1.54) is 6.07 Å². The third-order valence-electron chi connectivity index (χ3n) is 6.37. The van der Waals surface area contributed by atoms with Gasteiger partial charge in [0.2, 0.25) is 5.91 Å². The summed E-state index contributed by atoms with van der Waals surface area (Å²) in [5.41, 5.74) is 1.07. The molecule has 1 amide bonds. The number of carbonyl (C=O) groups is 1. The van der Waals surface area contributed by atoms with E-state index in [0.717, 1.165) is 18.9 Å². The Morgan fingerprint density at radius 2 is 1.93 bits per heavy atom. The normalized spacial score (nSPS) is 26.3. The Labute approximate surface area is 170 Å². The number of nitrogens with one attached hydrogen (secondary N) is 1. The van der Waals surface area contributed by atoms with Gasteiger partial charge in [0.1, 0.15) is 0 Å². The van der Waals surface area contributed by atoms with Crippen LogP contribution in [0, 0.1) is 35.3 Å². The number of rotatable bonds is 4. The smallest absolute Gasteiger partial charge is 0.228 e. The lowest BCUT2D eigenvalue weighted by atomic mass is 9.96. The van der Waals surface area contributed by atoms with Crippen molar-refractivity contribution in [2.24, 2.45) is 23.7 Å². The molecule has 2 heterocycles. The Morgan fingerprint density at radius 3 is 2.62 bits per heavy atom. The standard InChI is InChI=1S/C20H18ClF2N5O/c1-9(20(29)25-18-3-2-17(21)26-27-18)19-11-4-10(5-12(11)19)28-8-24-15-6-13(22)14(23)7-16(15)28/h2-3,6-12,19H,4-5H2,1H3,(H,25,27,29)/t9?,10-,11-,12+,19+. The first-order valence-electron chi connectivity index (χ1n) is 9.54. The van der Waals surface area contributed by atoms with Gasteiger partial charge in [0, 0.05) is 24.1 Å². The molecular weight excluding hydrogens is 400 g/mol. The lowest BCUT2D eigenvalue weighted by Crippen LogP contribution is -2.24. The predicted octanol–water partition coefficient (Wildman–Crippen LogP) is 4.23. The van der Waals surface area contributed by atoms with Gasteiger partial charge in [0.15, 0.2) is 22.6 Å². The Morgan fingerprint density at radius 1 is 1.21 bits per heavy atom. The van der Waals surface area contributed by atoms with Gasteiger partial charge in [0.05, 0.1) is 17.4 Å². The summed E-state index contributed by atoms with van der Waals surface area (Å²) in [6.07, 6.45) is 3.46. The molecule has 0 aliphatic heterocycles. The Hall–Kier alpha value is -2.61. The van der Waals surface area contributed by atoms with Crippen LogP contribution in [0.5, 0.6) is 0 Å². The molecule has 0 spiro atoms. The molecule has 0 saturated heterocycles. The number of halogens is 3. The molecule has 0 radical (unpaired) electrons. The first-order valence-corrected chi connectivity index (χ1v) is 9.92. The van der Waals surface area contributed by atoms with E-state index in [4.69, 9.17) is 11.6 Å². The fourth-order valence-corrected chi connectivity index (χ4v) is 5.04. The lowest BCUT2D eigenvalue weighted by Gasteiger charge is -2.19. The van der Waals surface area contributed by atoms with E-state index in [9.17, 15) is 13.6 Å². The number of imidazole rings is 1. The Bertz CT molecular complexity index is 1090. The molecule has 150 valence electrons. The third-order valence-corrected chi connectivity index (χ3v) is 6.57. The van der Waals surface area contributed by atoms with Gasteiger partial charge in [0.25, 0.3) is 0 Å². The third kappa shape index (κ3) is 3.15. The van der Waals surface area contributed by atoms with Crippen molar-refractivity contribution in [2.75, 3.05) is 5.32 Å². The molecule has 2 aromatic heterocycles. The van der Waals surface area contributed by atoms with Crippen molar-refractivity contribution in [3.8, 4) is 0 Å². The molecule has 3 aromatic rings. The van der Waals surface area contributed by atoms with E-state index >= 15 is 0 Å². The highest BCUT2D eigenvalue weighted by atomic mass is 35.5. The summed E-state index contributed by atoms with van der Waals surface area (Å²) < 4.78 is 29.0. The molecule has 2 saturated carbocycles. The number of amides is 1. The van der Waals surface area contributed by atoms with Gasteiger partial charge >= 0.3 is 0 Å². The van der Waals surface area contributed by atoms with Crippen molar-refractivity contribution in [2.45, 2.75) is 25.8 Å². The molecule has 2 aliphatic rings. The van der Waals surface area contributed by atoms with Crippen molar-refractivity contribution in [1.29, 1.82) is 0 Å². The number of nitrogens with zero attached hydrogens (tertiary/aromatic N) is 4. The second kappa shape index (κ2) is 6.73. The Balaban J connectivity index is 1.25. The summed E-state index contributed by atoms with van der Waals surface area (Å²) in [6, 6.07) is 5.73. The van der Waals surface area contributed by atoms with Crippen LogP contribution in [0.3, 0.4) is 0 Å². The van der Waals surface area contributed by atoms with Crippen molar-refractivity contribution in [3.63, 3.8) is 0 Å². The molecule has 5 rings (SSSR count). The van der Waals surface area contributed by atoms with Gasteiger partial charge in [-0.25, -0.2) is 13.8 Å². The molecule has 2 aliphatic carbocycles. The molecular formula is C20H18ClF2N5O. The largest absolute Gasteiger partial charge is 0.327 e. The maximum atomic E-state index is 13.7. The van der Waals surface area contributed by atoms with Crippen molar-refractivity contribution in [3.05, 3.63) is 47.4 Å². The van der Waals surface area contributed by atoms with Gasteiger partial charge in [-0.05, 0) is 42.7 Å². The average molecular weight is 418 g/mol. The lowest BCUT2D eigenvalue weighted by molar-refractivity contribution is -0.120. The monoisotopic (exact) mass is 417 g/mol. The van der Waals surface area contributed by atoms with Crippen LogP contribution in [0.4, 0.5) is 14.6 Å². The zero-order valence-electron chi connectivity index (χ0n) is 15.5. The van der Waals surface area contributed by atoms with Crippen molar-refractivity contribution < 1.29 is 13.6 Å². The van der Waals surface area contributed by atoms with Gasteiger partial charge in [-0.3, -0.25) is 4.79 Å². The van der Waals surface area contributed by atoms with Crippen LogP contribution in [0.15, 0.2) is 30.6 Å². The number of carbonyl (C=O) groups excluding carboxylic acids is 1. The number of anilines is 1. The van der Waals surface area contributed by atoms with Crippen molar-refractivity contribution >= 4 is 34.4 Å². The highest BCUT2D eigenvalue weighted by molar-refractivity contribution is 6.29. The van der Waals surface area contributed by atoms with Crippen LogP contribution in [0.25, 0.3) is 11.0 Å². The summed E-state index contributed by atoms with van der Waals surface area (Å²) in [4.78, 5) is 16.8. The summed E-state index contributed by atoms with van der Waals surface area (Å²) >= 11 is 5.71. The molecule has 9 heteroatoms. The maximum Gasteiger partial charge on any atom is 0.228 e. The predicted molar refractivity (Wildman–Crippen MR) is 103 cm³/mol. The van der Waals surface area contributed by atoms with Crippen LogP contribution < -0.4 is 5.32 Å². The van der Waals surface area contributed by atoms with E-state index in [1.54, 1.807) is 18.5 Å². The fourth-order valence-electron chi connectivity index (χ4n) is 4.94. The minimum Gasteiger partial charge on any atom is -0.327 e. The molecule has 1 unspecified atom stereocenters. The first kappa shape index (κ1) is 18.4. The second-order valence-corrected chi connectivity index (χ2v) is 8.34. The average Bonchev–Trinajstić information content (AvgIpc) is 3.02. The number of hydrogen-bond acceptors (Lipinski definition) is 4. The van der Waals surface area contributed by atoms with E-state index in [-0.39, 0.29) is 23.0 Å². The zero-order valence-corrected chi connectivity index (χ0v) is 16.3. The highest BCUT2D eigenvalue weighted by Gasteiger charge is 2.59. The summed E-state index contributed by atoms with van der Waals surface area (Å²) in [7, 11) is 0. The molecule has 5 atom stereocenters. The minimum atomic E-state index is -0.887. The van der Waals surface area contributed by atoms with Crippen molar-refractivity contribution in [1.82, 2.24) is 19.7 Å². The summed E-state index contributed by atoms with van der Waals surface area (Å²) in [6.45, 7) is 1.93. The topological polar surface area (TPSA) is 72.7 Å². The fraction of sp³-hybridized carbons (Fsp3) is 0.400. The van der Waals surface area contributed by atoms with Crippen LogP contribution >= 0.6 is 11.6 Å². The number of benzene rings is 1. The molecule has 2 fully saturated rings. The first-order chi connectivity index (χ1) is 13.9. The molecule has 1 N–H and O–H groups in total. The van der Waals surface area contributed by atoms with Gasteiger partial charge in [-0.2, -0.15) is 0 Å². The van der Waals surface area contributed by atoms with Gasteiger partial charge in [-0.1, -0.05) is 18.5 Å². The number of aromatic nitrogens is 4. The molecule has 1 aromatic carbocycles. The quantitative estimate of drug-likeness (QED) is 0.689. The van der Waals surface area contributed by atoms with Gasteiger partial charge in [-0.15, -0.1) is 10.2 Å². The van der Waals surface area contributed by atoms with Crippen LogP contribution in [-0.4, -0.2) is 25.7 Å². The maximum absolute atomic E-state index is 13.7. The van der Waals surface area contributed by atoms with E-state index in [0.29, 0.717) is 34.6 Å². The zero-order chi connectivity index (χ0) is 20.3. The molecule has 6 nitrogen and oxygen atoms in total. The van der Waals surface area contributed by atoms with Crippen LogP contribution in [0.1, 0.15) is 25.8 Å². The SMILES string of the molecule is CC(C(=O)Nc1ccc(Cl)nn1)[C@H]1[C@@H]2C[C@@H](n3cnc4cc(F)c(F)cc43)C[C@@H]21. The highest BCUT2D eigenvalue weighted by Crippen LogP contribution is 2.64. The molecule has 29 heavy (non-hydrogen) atoms. The van der Waals surface area contributed by atoms with Crippen LogP contribution in [0.2, 0.25) is 5.15 Å². The van der Waals surface area contributed by atoms with E-state index in [2.05, 4.69) is 20.5 Å². The summed E-state index contributed by atoms with van der Waals surface area (Å²) in [5.74, 6) is -0.389. The van der Waals surface area contributed by atoms with Crippen LogP contribution in [-0.2, 0) is 4.79 Å². The minimum absolute atomic E-state index is 0.0804. The number of hydrogen-bond donors (Lipinski definition) is 1.